The maximum atomic E-state index is 13.2. The predicted molar refractivity (Wildman–Crippen MR) is 74.8 cm³/mol. The third-order valence-corrected chi connectivity index (χ3v) is 2.98. The fraction of sp³-hybridized carbons (Fsp3) is 0.214. The summed E-state index contributed by atoms with van der Waals surface area (Å²) in [6.45, 7) is 1.94. The third-order valence-electron chi connectivity index (χ3n) is 2.98. The third kappa shape index (κ3) is 3.51. The number of benzene rings is 1. The fourth-order valence-corrected chi connectivity index (χ4v) is 1.70. The fourth-order valence-electron chi connectivity index (χ4n) is 1.70. The van der Waals surface area contributed by atoms with Gasteiger partial charge in [-0.15, -0.1) is 0 Å². The molecule has 1 atom stereocenters. The zero-order chi connectivity index (χ0) is 15.4. The highest BCUT2D eigenvalue weighted by Gasteiger charge is 2.17. The van der Waals surface area contributed by atoms with Gasteiger partial charge in [-0.1, -0.05) is 0 Å². The summed E-state index contributed by atoms with van der Waals surface area (Å²) in [7, 11) is 1.81. The van der Waals surface area contributed by atoms with E-state index in [0.717, 1.165) is 23.9 Å². The number of nitro benzene ring substituents is 1. The highest BCUT2D eigenvalue weighted by Crippen LogP contribution is 2.31. The Morgan fingerprint density at radius 3 is 2.71 bits per heavy atom. The summed E-state index contributed by atoms with van der Waals surface area (Å²) in [6.07, 6.45) is 1.44. The first-order valence-corrected chi connectivity index (χ1v) is 6.26. The summed E-state index contributed by atoms with van der Waals surface area (Å²) in [5, 5.41) is 13.9. The van der Waals surface area contributed by atoms with Crippen LogP contribution < -0.4 is 10.1 Å². The standard InChI is InChI=1S/C14H14FN3O3/c1-9(16-2)12-5-4-11(8-17-12)21-14-7-10(15)3-6-13(14)18(19)20/h3-9,16H,1-2H3. The van der Waals surface area contributed by atoms with Crippen LogP contribution in [0.2, 0.25) is 0 Å². The van der Waals surface area contributed by atoms with Crippen molar-refractivity contribution in [2.24, 2.45) is 0 Å². The van der Waals surface area contributed by atoms with Crippen LogP contribution in [0.4, 0.5) is 10.1 Å². The van der Waals surface area contributed by atoms with Crippen LogP contribution in [0.3, 0.4) is 0 Å². The highest BCUT2D eigenvalue weighted by molar-refractivity contribution is 5.48. The number of rotatable bonds is 5. The lowest BCUT2D eigenvalue weighted by molar-refractivity contribution is -0.385. The molecule has 1 unspecified atom stereocenters. The molecule has 6 nitrogen and oxygen atoms in total. The molecule has 1 aromatic heterocycles. The molecule has 2 rings (SSSR count). The minimum atomic E-state index is -0.625. The molecule has 0 aliphatic heterocycles. The number of pyridine rings is 1. The number of nitro groups is 1. The molecule has 0 saturated heterocycles. The van der Waals surface area contributed by atoms with Gasteiger partial charge in [0.05, 0.1) is 16.8 Å². The lowest BCUT2D eigenvalue weighted by Gasteiger charge is -2.10. The van der Waals surface area contributed by atoms with Crippen LogP contribution in [0.25, 0.3) is 0 Å². The molecular weight excluding hydrogens is 277 g/mol. The zero-order valence-corrected chi connectivity index (χ0v) is 11.5. The Bertz CT molecular complexity index is 646. The van der Waals surface area contributed by atoms with Gasteiger partial charge in [0, 0.05) is 18.2 Å². The normalized spacial score (nSPS) is 12.0. The van der Waals surface area contributed by atoms with Crippen molar-refractivity contribution in [2.75, 3.05) is 7.05 Å². The molecule has 0 bridgehead atoms. The Morgan fingerprint density at radius 1 is 1.38 bits per heavy atom. The molecule has 0 aliphatic rings. The first kappa shape index (κ1) is 14.9. The van der Waals surface area contributed by atoms with Crippen LogP contribution in [0.1, 0.15) is 18.7 Å². The quantitative estimate of drug-likeness (QED) is 0.676. The maximum Gasteiger partial charge on any atom is 0.311 e. The van der Waals surface area contributed by atoms with Crippen molar-refractivity contribution in [1.82, 2.24) is 10.3 Å². The van der Waals surface area contributed by atoms with E-state index >= 15 is 0 Å². The summed E-state index contributed by atoms with van der Waals surface area (Å²) < 4.78 is 18.6. The smallest absolute Gasteiger partial charge is 0.311 e. The Hall–Kier alpha value is -2.54. The number of hydrogen-bond acceptors (Lipinski definition) is 5. The lowest BCUT2D eigenvalue weighted by Crippen LogP contribution is -2.13. The molecule has 0 amide bonds. The van der Waals surface area contributed by atoms with Crippen molar-refractivity contribution in [1.29, 1.82) is 0 Å². The van der Waals surface area contributed by atoms with E-state index in [-0.39, 0.29) is 17.5 Å². The van der Waals surface area contributed by atoms with Crippen LogP contribution in [0.15, 0.2) is 36.5 Å². The van der Waals surface area contributed by atoms with E-state index in [1.54, 1.807) is 12.1 Å². The van der Waals surface area contributed by atoms with Crippen molar-refractivity contribution < 1.29 is 14.1 Å². The topological polar surface area (TPSA) is 77.3 Å². The van der Waals surface area contributed by atoms with Gasteiger partial charge in [0.1, 0.15) is 11.6 Å². The summed E-state index contributed by atoms with van der Waals surface area (Å²) in [6, 6.07) is 6.49. The molecule has 0 spiro atoms. The van der Waals surface area contributed by atoms with Crippen molar-refractivity contribution in [3.05, 3.63) is 58.2 Å². The zero-order valence-electron chi connectivity index (χ0n) is 11.5. The minimum absolute atomic E-state index is 0.0718. The molecule has 2 aromatic rings. The van der Waals surface area contributed by atoms with E-state index in [1.807, 2.05) is 14.0 Å². The molecule has 1 aromatic carbocycles. The van der Waals surface area contributed by atoms with Crippen molar-refractivity contribution >= 4 is 5.69 Å². The number of halogens is 1. The van der Waals surface area contributed by atoms with Gasteiger partial charge in [-0.2, -0.15) is 0 Å². The van der Waals surface area contributed by atoms with E-state index < -0.39 is 10.7 Å². The molecule has 21 heavy (non-hydrogen) atoms. The maximum absolute atomic E-state index is 13.2. The van der Waals surface area contributed by atoms with Gasteiger partial charge >= 0.3 is 5.69 Å². The average Bonchev–Trinajstić information content (AvgIpc) is 2.47. The molecule has 0 aliphatic carbocycles. The molecular formula is C14H14FN3O3. The first-order chi connectivity index (χ1) is 10.0. The molecule has 110 valence electrons. The Morgan fingerprint density at radius 2 is 2.14 bits per heavy atom. The number of nitrogens with zero attached hydrogens (tertiary/aromatic N) is 2. The number of ether oxygens (including phenoxy) is 1. The number of aromatic nitrogens is 1. The van der Waals surface area contributed by atoms with Crippen molar-refractivity contribution in [3.8, 4) is 11.5 Å². The van der Waals surface area contributed by atoms with Gasteiger partial charge in [0.25, 0.3) is 0 Å². The van der Waals surface area contributed by atoms with E-state index in [9.17, 15) is 14.5 Å². The van der Waals surface area contributed by atoms with Crippen LogP contribution in [-0.4, -0.2) is 17.0 Å². The monoisotopic (exact) mass is 291 g/mol. The number of nitrogens with one attached hydrogen (secondary N) is 1. The van der Waals surface area contributed by atoms with E-state index in [4.69, 9.17) is 4.74 Å². The Labute approximate surface area is 120 Å². The Kier molecular flexibility index (Phi) is 4.44. The molecule has 0 radical (unpaired) electrons. The SMILES string of the molecule is CNC(C)c1ccc(Oc2cc(F)ccc2[N+](=O)[O-])cn1. The van der Waals surface area contributed by atoms with Gasteiger partial charge in [-0.3, -0.25) is 15.1 Å². The largest absolute Gasteiger partial charge is 0.448 e. The van der Waals surface area contributed by atoms with Crippen molar-refractivity contribution in [2.45, 2.75) is 13.0 Å². The molecule has 1 heterocycles. The van der Waals surface area contributed by atoms with E-state index in [0.29, 0.717) is 5.75 Å². The van der Waals surface area contributed by atoms with Crippen LogP contribution in [-0.2, 0) is 0 Å². The summed E-state index contributed by atoms with van der Waals surface area (Å²) in [5.74, 6) is -0.462. The minimum Gasteiger partial charge on any atom is -0.448 e. The van der Waals surface area contributed by atoms with Gasteiger partial charge in [0.15, 0.2) is 0 Å². The Balaban J connectivity index is 2.26. The van der Waals surface area contributed by atoms with Gasteiger partial charge in [-0.05, 0) is 32.2 Å². The first-order valence-electron chi connectivity index (χ1n) is 6.26. The van der Waals surface area contributed by atoms with Crippen LogP contribution in [0, 0.1) is 15.9 Å². The molecule has 1 N–H and O–H groups in total. The van der Waals surface area contributed by atoms with Gasteiger partial charge in [0.2, 0.25) is 5.75 Å². The summed E-state index contributed by atoms with van der Waals surface area (Å²) >= 11 is 0. The molecule has 0 saturated carbocycles. The second kappa shape index (κ2) is 6.27. The second-order valence-corrected chi connectivity index (χ2v) is 4.40. The summed E-state index contributed by atoms with van der Waals surface area (Å²) in [4.78, 5) is 14.5. The van der Waals surface area contributed by atoms with E-state index in [1.165, 1.54) is 6.20 Å². The van der Waals surface area contributed by atoms with E-state index in [2.05, 4.69) is 10.3 Å². The average molecular weight is 291 g/mol. The van der Waals surface area contributed by atoms with Crippen LogP contribution >= 0.6 is 0 Å². The van der Waals surface area contributed by atoms with Gasteiger partial charge < -0.3 is 10.1 Å². The molecule has 0 fully saturated rings. The number of hydrogen-bond donors (Lipinski definition) is 1. The molecule has 7 heteroatoms. The highest BCUT2D eigenvalue weighted by atomic mass is 19.1. The van der Waals surface area contributed by atoms with Gasteiger partial charge in [-0.25, -0.2) is 4.39 Å². The van der Waals surface area contributed by atoms with Crippen LogP contribution in [0.5, 0.6) is 11.5 Å². The second-order valence-electron chi connectivity index (χ2n) is 4.40. The van der Waals surface area contributed by atoms with Crippen molar-refractivity contribution in [3.63, 3.8) is 0 Å². The lowest BCUT2D eigenvalue weighted by atomic mass is 10.2. The predicted octanol–water partition coefficient (Wildman–Crippen LogP) is 3.20. The summed E-state index contributed by atoms with van der Waals surface area (Å²) in [5.41, 5.74) is 0.502.